The molecule has 0 radical (unpaired) electrons. The number of hydrogen-bond acceptors (Lipinski definition) is 4. The Balaban J connectivity index is 2.12. The molecule has 1 heterocycles. The molecule has 1 aliphatic rings. The van der Waals surface area contributed by atoms with Gasteiger partial charge in [-0.3, -0.25) is 14.4 Å². The number of methoxy groups -OCH3 is 1. The van der Waals surface area contributed by atoms with Crippen LogP contribution in [0.2, 0.25) is 0 Å². The zero-order valence-corrected chi connectivity index (χ0v) is 10.7. The molecule has 0 unspecified atom stereocenters. The highest BCUT2D eigenvalue weighted by Crippen LogP contribution is 2.17. The van der Waals surface area contributed by atoms with Crippen molar-refractivity contribution < 1.29 is 19.1 Å². The van der Waals surface area contributed by atoms with Gasteiger partial charge in [-0.15, -0.1) is 0 Å². The molecule has 100 valence electrons. The Hall–Kier alpha value is -2.17. The van der Waals surface area contributed by atoms with E-state index in [0.717, 1.165) is 0 Å². The van der Waals surface area contributed by atoms with Gasteiger partial charge in [-0.25, -0.2) is 0 Å². The molecule has 1 fully saturated rings. The zero-order valence-electron chi connectivity index (χ0n) is 10.7. The summed E-state index contributed by atoms with van der Waals surface area (Å²) in [6.45, 7) is 0.444. The van der Waals surface area contributed by atoms with Gasteiger partial charge >= 0.3 is 5.97 Å². The molecule has 1 amide bonds. The number of ether oxygens (including phenoxy) is 1. The maximum absolute atomic E-state index is 12.2. The minimum absolute atomic E-state index is 0.0965. The van der Waals surface area contributed by atoms with Crippen molar-refractivity contribution in [3.8, 4) is 0 Å². The van der Waals surface area contributed by atoms with Crippen LogP contribution >= 0.6 is 0 Å². The van der Waals surface area contributed by atoms with Gasteiger partial charge in [0.15, 0.2) is 5.78 Å². The molecule has 0 aliphatic carbocycles. The predicted octanol–water partition coefficient (Wildman–Crippen LogP) is 0.891. The Morgan fingerprint density at radius 1 is 1.26 bits per heavy atom. The van der Waals surface area contributed by atoms with Gasteiger partial charge in [-0.05, 0) is 12.1 Å². The summed E-state index contributed by atoms with van der Waals surface area (Å²) in [5.41, 5.74) is 0.556. The van der Waals surface area contributed by atoms with Crippen LogP contribution in [0.25, 0.3) is 0 Å². The second kappa shape index (κ2) is 5.65. The summed E-state index contributed by atoms with van der Waals surface area (Å²) in [7, 11) is 1.24. The summed E-state index contributed by atoms with van der Waals surface area (Å²) >= 11 is 0. The van der Waals surface area contributed by atoms with Crippen LogP contribution in [0.1, 0.15) is 16.8 Å². The smallest absolute Gasteiger partial charge is 0.318 e. The fourth-order valence-corrected chi connectivity index (χ4v) is 2.13. The van der Waals surface area contributed by atoms with E-state index < -0.39 is 11.9 Å². The molecule has 5 nitrogen and oxygen atoms in total. The number of nitrogens with zero attached hydrogens (tertiary/aromatic N) is 1. The standard InChI is InChI=1S/C14H15NO4/c1-19-14(18)11-9-15(8-7-12(11)16)13(17)10-5-3-2-4-6-10/h2-6,11H,7-9H2,1H3/t11-/m0/s1. The Morgan fingerprint density at radius 3 is 2.58 bits per heavy atom. The number of hydrogen-bond donors (Lipinski definition) is 0. The molecule has 0 spiro atoms. The van der Waals surface area contributed by atoms with Crippen LogP contribution in [-0.4, -0.2) is 42.8 Å². The van der Waals surface area contributed by atoms with Crippen LogP contribution in [0.15, 0.2) is 30.3 Å². The first kappa shape index (κ1) is 13.3. The average Bonchev–Trinajstić information content (AvgIpc) is 2.47. The van der Waals surface area contributed by atoms with Crippen molar-refractivity contribution in [1.29, 1.82) is 0 Å². The van der Waals surface area contributed by atoms with E-state index >= 15 is 0 Å². The number of Topliss-reactive ketones (excluding diaryl/α,β-unsaturated/α-hetero) is 1. The normalized spacial score (nSPS) is 19.1. The molecule has 2 rings (SSSR count). The molecule has 0 bridgehead atoms. The van der Waals surface area contributed by atoms with Crippen molar-refractivity contribution >= 4 is 17.7 Å². The number of likely N-dealkylation sites (tertiary alicyclic amines) is 1. The lowest BCUT2D eigenvalue weighted by Crippen LogP contribution is -2.47. The summed E-state index contributed by atoms with van der Waals surface area (Å²) < 4.78 is 4.60. The van der Waals surface area contributed by atoms with Gasteiger partial charge in [-0.1, -0.05) is 18.2 Å². The van der Waals surface area contributed by atoms with Crippen molar-refractivity contribution in [2.75, 3.05) is 20.2 Å². The lowest BCUT2D eigenvalue weighted by molar-refractivity contribution is -0.151. The van der Waals surface area contributed by atoms with E-state index in [2.05, 4.69) is 4.74 Å². The molecule has 19 heavy (non-hydrogen) atoms. The van der Waals surface area contributed by atoms with Gasteiger partial charge in [0.25, 0.3) is 5.91 Å². The summed E-state index contributed by atoms with van der Waals surface area (Å²) in [6, 6.07) is 8.81. The number of carbonyl (C=O) groups excluding carboxylic acids is 3. The number of esters is 1. The third-order valence-corrected chi connectivity index (χ3v) is 3.21. The van der Waals surface area contributed by atoms with Gasteiger partial charge in [0, 0.05) is 25.1 Å². The van der Waals surface area contributed by atoms with Crippen molar-refractivity contribution in [3.63, 3.8) is 0 Å². The molecular formula is C14H15NO4. The van der Waals surface area contributed by atoms with Gasteiger partial charge in [0.05, 0.1) is 7.11 Å². The molecule has 5 heteroatoms. The van der Waals surface area contributed by atoms with Gasteiger partial charge in [0.2, 0.25) is 0 Å². The number of carbonyl (C=O) groups is 3. The van der Waals surface area contributed by atoms with Crippen molar-refractivity contribution in [2.45, 2.75) is 6.42 Å². The fourth-order valence-electron chi connectivity index (χ4n) is 2.13. The third-order valence-electron chi connectivity index (χ3n) is 3.21. The number of benzene rings is 1. The molecule has 1 aliphatic heterocycles. The van der Waals surface area contributed by atoms with E-state index in [1.807, 2.05) is 6.07 Å². The summed E-state index contributed by atoms with van der Waals surface area (Å²) in [4.78, 5) is 36.9. The maximum Gasteiger partial charge on any atom is 0.318 e. The van der Waals surface area contributed by atoms with E-state index in [4.69, 9.17) is 0 Å². The zero-order chi connectivity index (χ0) is 13.8. The van der Waals surface area contributed by atoms with Gasteiger partial charge in [-0.2, -0.15) is 0 Å². The first-order valence-corrected chi connectivity index (χ1v) is 6.08. The second-order valence-corrected chi connectivity index (χ2v) is 4.41. The highest BCUT2D eigenvalue weighted by atomic mass is 16.5. The highest BCUT2D eigenvalue weighted by Gasteiger charge is 2.35. The SMILES string of the molecule is COC(=O)[C@H]1CN(C(=O)c2ccccc2)CCC1=O. The highest BCUT2D eigenvalue weighted by molar-refractivity contribution is 6.02. The minimum Gasteiger partial charge on any atom is -0.468 e. The first-order chi connectivity index (χ1) is 9.13. The number of ketones is 1. The van der Waals surface area contributed by atoms with Crippen molar-refractivity contribution in [3.05, 3.63) is 35.9 Å². The maximum atomic E-state index is 12.2. The molecule has 0 saturated carbocycles. The Labute approximate surface area is 111 Å². The number of amides is 1. The van der Waals surface area contributed by atoms with Crippen LogP contribution < -0.4 is 0 Å². The molecule has 1 aromatic rings. The van der Waals surface area contributed by atoms with E-state index in [1.54, 1.807) is 24.3 Å². The molecule has 1 atom stereocenters. The summed E-state index contributed by atoms with van der Waals surface area (Å²) in [5, 5.41) is 0. The lowest BCUT2D eigenvalue weighted by Gasteiger charge is -2.30. The van der Waals surface area contributed by atoms with Crippen LogP contribution in [-0.2, 0) is 14.3 Å². The lowest BCUT2D eigenvalue weighted by atomic mass is 9.96. The monoisotopic (exact) mass is 261 g/mol. The summed E-state index contributed by atoms with van der Waals surface area (Å²) in [5.74, 6) is -1.76. The Bertz CT molecular complexity index is 489. The predicted molar refractivity (Wildman–Crippen MR) is 67.5 cm³/mol. The molecule has 0 aromatic heterocycles. The van der Waals surface area contributed by atoms with Crippen molar-refractivity contribution in [1.82, 2.24) is 4.90 Å². The second-order valence-electron chi connectivity index (χ2n) is 4.41. The minimum atomic E-state index is -0.855. The fraction of sp³-hybridized carbons (Fsp3) is 0.357. The van der Waals surface area contributed by atoms with Gasteiger partial charge in [0.1, 0.15) is 5.92 Å². The van der Waals surface area contributed by atoms with Crippen LogP contribution in [0.3, 0.4) is 0 Å². The topological polar surface area (TPSA) is 63.7 Å². The molecule has 1 aromatic carbocycles. The average molecular weight is 261 g/mol. The largest absolute Gasteiger partial charge is 0.468 e. The van der Waals surface area contributed by atoms with E-state index in [1.165, 1.54) is 12.0 Å². The van der Waals surface area contributed by atoms with Crippen LogP contribution in [0.5, 0.6) is 0 Å². The van der Waals surface area contributed by atoms with Crippen LogP contribution in [0.4, 0.5) is 0 Å². The van der Waals surface area contributed by atoms with Crippen LogP contribution in [0, 0.1) is 5.92 Å². The Morgan fingerprint density at radius 2 is 1.95 bits per heavy atom. The summed E-state index contributed by atoms with van der Waals surface area (Å²) in [6.07, 6.45) is 0.193. The quantitative estimate of drug-likeness (QED) is 0.586. The molecule has 1 saturated heterocycles. The molecular weight excluding hydrogens is 246 g/mol. The molecule has 0 N–H and O–H groups in total. The Kier molecular flexibility index (Phi) is 3.94. The van der Waals surface area contributed by atoms with E-state index in [-0.39, 0.29) is 24.7 Å². The van der Waals surface area contributed by atoms with E-state index in [0.29, 0.717) is 12.1 Å². The number of rotatable bonds is 2. The van der Waals surface area contributed by atoms with Crippen molar-refractivity contribution in [2.24, 2.45) is 5.92 Å². The first-order valence-electron chi connectivity index (χ1n) is 6.08. The number of piperidine rings is 1. The van der Waals surface area contributed by atoms with Gasteiger partial charge < -0.3 is 9.64 Å². The third kappa shape index (κ3) is 2.81. The van der Waals surface area contributed by atoms with E-state index in [9.17, 15) is 14.4 Å².